The number of rotatable bonds is 2. The number of fused-ring (bicyclic) bond motifs is 1. The molecule has 0 bridgehead atoms. The second-order valence-electron chi connectivity index (χ2n) is 5.28. The fraction of sp³-hybridized carbons (Fsp3) is 0.389. The minimum Gasteiger partial charge on any atom is -0.462 e. The molecule has 0 amide bonds. The van der Waals surface area contributed by atoms with Gasteiger partial charge in [0.1, 0.15) is 12.2 Å². The van der Waals surface area contributed by atoms with Crippen LogP contribution in [0.3, 0.4) is 0 Å². The van der Waals surface area contributed by atoms with Gasteiger partial charge in [0.15, 0.2) is 0 Å². The van der Waals surface area contributed by atoms with Crippen molar-refractivity contribution in [1.29, 1.82) is 0 Å². The molecule has 1 aromatic carbocycles. The Balaban J connectivity index is 2.21. The molecule has 22 heavy (non-hydrogen) atoms. The van der Waals surface area contributed by atoms with Crippen LogP contribution >= 0.6 is 0 Å². The summed E-state index contributed by atoms with van der Waals surface area (Å²) in [6, 6.07) is 7.97. The van der Waals surface area contributed by atoms with Crippen LogP contribution < -0.4 is 0 Å². The molecule has 2 radical (unpaired) electrons. The highest BCUT2D eigenvalue weighted by atomic mass is 16.5. The van der Waals surface area contributed by atoms with Crippen molar-refractivity contribution in [2.75, 3.05) is 0 Å². The molecule has 0 heterocycles. The topological polar surface area (TPSA) is 52.6 Å². The average Bonchev–Trinajstić information content (AvgIpc) is 2.44. The molecule has 0 aliphatic heterocycles. The fourth-order valence-corrected chi connectivity index (χ4v) is 2.47. The largest absolute Gasteiger partial charge is 0.462 e. The first kappa shape index (κ1) is 16.3. The van der Waals surface area contributed by atoms with E-state index < -0.39 is 6.10 Å². The van der Waals surface area contributed by atoms with Crippen molar-refractivity contribution >= 4 is 11.9 Å². The average molecular weight is 300 g/mol. The number of hydrogen-bond donors (Lipinski definition) is 0. The number of carbonyl (C=O) groups excluding carboxylic acids is 2. The summed E-state index contributed by atoms with van der Waals surface area (Å²) in [5.41, 5.74) is 2.23. The monoisotopic (exact) mass is 300 g/mol. The highest BCUT2D eigenvalue weighted by Crippen LogP contribution is 2.19. The normalized spacial score (nSPS) is 23.0. The van der Waals surface area contributed by atoms with Crippen LogP contribution in [0, 0.1) is 6.42 Å². The Bertz CT molecular complexity index is 562. The Hall–Kier alpha value is -2.10. The van der Waals surface area contributed by atoms with Crippen molar-refractivity contribution in [3.63, 3.8) is 0 Å². The molecule has 4 heteroatoms. The van der Waals surface area contributed by atoms with Gasteiger partial charge in [-0.3, -0.25) is 9.59 Å². The molecule has 0 saturated heterocycles. The smallest absolute Gasteiger partial charge is 0.303 e. The van der Waals surface area contributed by atoms with Crippen LogP contribution in [-0.4, -0.2) is 24.1 Å². The van der Waals surface area contributed by atoms with Crippen molar-refractivity contribution in [2.45, 2.75) is 45.3 Å². The molecule has 1 aromatic rings. The second kappa shape index (κ2) is 7.78. The van der Waals surface area contributed by atoms with Crippen LogP contribution in [0.1, 0.15) is 31.4 Å². The predicted octanol–water partition coefficient (Wildman–Crippen LogP) is 2.68. The van der Waals surface area contributed by atoms with Gasteiger partial charge < -0.3 is 9.47 Å². The number of esters is 2. The minimum atomic E-state index is -0.485. The SMILES string of the molecule is CC(=O)OC1[C]Cc2ccccc2CC(OC(C)=O)C/C=C\1. The summed E-state index contributed by atoms with van der Waals surface area (Å²) in [5.74, 6) is -0.633. The predicted molar refractivity (Wildman–Crippen MR) is 82.0 cm³/mol. The third-order valence-corrected chi connectivity index (χ3v) is 3.40. The lowest BCUT2D eigenvalue weighted by Gasteiger charge is -2.20. The van der Waals surface area contributed by atoms with Crippen LogP contribution in [-0.2, 0) is 31.9 Å². The van der Waals surface area contributed by atoms with E-state index in [0.29, 0.717) is 19.3 Å². The van der Waals surface area contributed by atoms with E-state index in [4.69, 9.17) is 9.47 Å². The van der Waals surface area contributed by atoms with Gasteiger partial charge in [0.25, 0.3) is 0 Å². The lowest BCUT2D eigenvalue weighted by Crippen LogP contribution is -2.22. The van der Waals surface area contributed by atoms with Crippen LogP contribution in [0.25, 0.3) is 0 Å². The lowest BCUT2D eigenvalue weighted by molar-refractivity contribution is -0.146. The van der Waals surface area contributed by atoms with Gasteiger partial charge in [-0.25, -0.2) is 0 Å². The molecule has 0 N–H and O–H groups in total. The number of hydrogen-bond acceptors (Lipinski definition) is 4. The van der Waals surface area contributed by atoms with Gasteiger partial charge in [-0.1, -0.05) is 30.3 Å². The van der Waals surface area contributed by atoms with E-state index in [1.165, 1.54) is 13.8 Å². The highest BCUT2D eigenvalue weighted by molar-refractivity contribution is 5.66. The van der Waals surface area contributed by atoms with Gasteiger partial charge in [0.2, 0.25) is 0 Å². The number of carbonyl (C=O) groups is 2. The van der Waals surface area contributed by atoms with Crippen LogP contribution in [0.2, 0.25) is 0 Å². The van der Waals surface area contributed by atoms with Crippen LogP contribution in [0.15, 0.2) is 36.4 Å². The molecular formula is C18H20O4. The quantitative estimate of drug-likeness (QED) is 0.622. The molecule has 2 atom stereocenters. The van der Waals surface area contributed by atoms with Gasteiger partial charge in [0.05, 0.1) is 0 Å². The summed E-state index contributed by atoms with van der Waals surface area (Å²) in [5, 5.41) is 0. The third-order valence-electron chi connectivity index (χ3n) is 3.40. The third kappa shape index (κ3) is 5.02. The molecular weight excluding hydrogens is 280 g/mol. The van der Waals surface area contributed by atoms with E-state index in [1.54, 1.807) is 6.08 Å². The van der Waals surface area contributed by atoms with E-state index in [0.717, 1.165) is 11.1 Å². The first-order chi connectivity index (χ1) is 10.5. The molecule has 116 valence electrons. The van der Waals surface area contributed by atoms with E-state index in [-0.39, 0.29) is 18.0 Å². The summed E-state index contributed by atoms with van der Waals surface area (Å²) in [6.07, 6.45) is 7.97. The Labute approximate surface area is 131 Å². The Morgan fingerprint density at radius 3 is 2.45 bits per heavy atom. The maximum Gasteiger partial charge on any atom is 0.303 e. The molecule has 0 aromatic heterocycles. The molecule has 4 nitrogen and oxygen atoms in total. The summed E-state index contributed by atoms with van der Waals surface area (Å²) < 4.78 is 10.6. The standard InChI is InChI=1S/C18H20O4/c1-13(19)21-17-8-5-9-18(22-14(2)20)12-16-7-4-3-6-15(16)10-11-17/h3-8,17-18H,9-10,12H2,1-2H3/b8-5-. The molecule has 0 spiro atoms. The van der Waals surface area contributed by atoms with Crippen LogP contribution in [0.4, 0.5) is 0 Å². The molecule has 1 aliphatic carbocycles. The zero-order chi connectivity index (χ0) is 15.9. The first-order valence-corrected chi connectivity index (χ1v) is 7.36. The summed E-state index contributed by atoms with van der Waals surface area (Å²) in [6.45, 7) is 2.79. The summed E-state index contributed by atoms with van der Waals surface area (Å²) in [4.78, 5) is 22.4. The van der Waals surface area contributed by atoms with Gasteiger partial charge in [-0.15, -0.1) is 0 Å². The van der Waals surface area contributed by atoms with Crippen LogP contribution in [0.5, 0.6) is 0 Å². The molecule has 2 unspecified atom stereocenters. The Morgan fingerprint density at radius 2 is 1.77 bits per heavy atom. The van der Waals surface area contributed by atoms with Gasteiger partial charge in [-0.05, 0) is 23.6 Å². The maximum absolute atomic E-state index is 11.3. The molecule has 1 aliphatic rings. The summed E-state index contributed by atoms with van der Waals surface area (Å²) >= 11 is 0. The van der Waals surface area contributed by atoms with Crippen molar-refractivity contribution in [3.8, 4) is 0 Å². The number of ether oxygens (including phenoxy) is 2. The van der Waals surface area contributed by atoms with E-state index in [1.807, 2.05) is 30.3 Å². The Kier molecular flexibility index (Phi) is 5.75. The summed E-state index contributed by atoms with van der Waals surface area (Å²) in [7, 11) is 0. The maximum atomic E-state index is 11.3. The van der Waals surface area contributed by atoms with Crippen molar-refractivity contribution in [2.24, 2.45) is 0 Å². The lowest BCUT2D eigenvalue weighted by atomic mass is 9.94. The number of benzene rings is 1. The van der Waals surface area contributed by atoms with E-state index in [9.17, 15) is 9.59 Å². The first-order valence-electron chi connectivity index (χ1n) is 7.36. The van der Waals surface area contributed by atoms with E-state index >= 15 is 0 Å². The van der Waals surface area contributed by atoms with Gasteiger partial charge in [-0.2, -0.15) is 0 Å². The van der Waals surface area contributed by atoms with Crippen molar-refractivity contribution in [3.05, 3.63) is 54.0 Å². The Morgan fingerprint density at radius 1 is 1.09 bits per heavy atom. The van der Waals surface area contributed by atoms with E-state index in [2.05, 4.69) is 6.42 Å². The van der Waals surface area contributed by atoms with Crippen molar-refractivity contribution < 1.29 is 19.1 Å². The zero-order valence-corrected chi connectivity index (χ0v) is 12.9. The van der Waals surface area contributed by atoms with Gasteiger partial charge in [0, 0.05) is 33.1 Å². The molecule has 0 fully saturated rings. The van der Waals surface area contributed by atoms with Gasteiger partial charge >= 0.3 is 11.9 Å². The highest BCUT2D eigenvalue weighted by Gasteiger charge is 2.18. The minimum absolute atomic E-state index is 0.217. The fourth-order valence-electron chi connectivity index (χ4n) is 2.47. The molecule has 2 rings (SSSR count). The van der Waals surface area contributed by atoms with Crippen molar-refractivity contribution in [1.82, 2.24) is 0 Å². The molecule has 0 saturated carbocycles. The second-order valence-corrected chi connectivity index (χ2v) is 5.28. The zero-order valence-electron chi connectivity index (χ0n) is 12.9.